The Hall–Kier alpha value is -13.1. The average Bonchev–Trinajstić information content (AvgIpc) is 0.904. The van der Waals surface area contributed by atoms with E-state index < -0.39 is 52.2 Å². The number of carbonyl (C=O) groups is 2. The number of aromatic amines is 1. The standard InChI is InChI=1S/C36H33N7O2.C31H33N5O3.C29H30N4O3/c37-21-30-22-42(36(27-15-7-2-8-16-27,28-17-9-3-10-18-28)29-19-11-4-12-20-29)23-31(45-30)43-25-40-32-33(38-24-39-34(32)43)41-35(44)26-13-5-1-6-14-26;1-22-19-36(30(38)34-29(22)33-23(2)37)28-21-35(20-27(18-32)39-28)31(24-12-6-3-7-13-24,25-14-8-4-9-15-25)26-16-10-5-11-17-26;1-21-18-33(28(35)31-27(21)34)26-20-32(19-25(17-30)36-26)29(22-11-5-2-6-12-22,23-13-7-3-8-14-23)24-15-9-4-10-16-24/h1-20,24-25,30-31H,21-23,37H2,(H,38,39,41,44);3-17,19,27-28H,18,20-21,32H2,1-2H3,(H,33,34,37,38);2-16,18,25-26H,17,19-20,30H2,1H3,(H,31,34,35). The minimum atomic E-state index is -0.679. The molecule has 7 heterocycles. The van der Waals surface area contributed by atoms with Crippen molar-refractivity contribution < 1.29 is 23.8 Å². The fourth-order valence-electron chi connectivity index (χ4n) is 17.2. The number of H-pyrrole nitrogens is 1. The molecule has 120 heavy (non-hydrogen) atoms. The molecule has 3 saturated heterocycles. The smallest absolute Gasteiger partial charge is 0.351 e. The Labute approximate surface area is 695 Å². The minimum Gasteiger partial charge on any atom is -0.351 e. The summed E-state index contributed by atoms with van der Waals surface area (Å²) in [5, 5.41) is 5.52. The van der Waals surface area contributed by atoms with Crippen molar-refractivity contribution in [1.82, 2.24) is 53.3 Å². The van der Waals surface area contributed by atoms with Crippen molar-refractivity contribution in [3.63, 3.8) is 0 Å². The van der Waals surface area contributed by atoms with Gasteiger partial charge in [-0.25, -0.2) is 24.5 Å². The van der Waals surface area contributed by atoms with Gasteiger partial charge >= 0.3 is 11.4 Å². The van der Waals surface area contributed by atoms with Crippen LogP contribution in [0.3, 0.4) is 0 Å². The largest absolute Gasteiger partial charge is 0.351 e. The number of morpholine rings is 3. The van der Waals surface area contributed by atoms with E-state index in [4.69, 9.17) is 31.4 Å². The molecule has 0 radical (unpaired) electrons. The molecule has 3 aliphatic heterocycles. The topological polar surface area (TPSA) is 307 Å². The fourth-order valence-corrected chi connectivity index (χ4v) is 17.2. The van der Waals surface area contributed by atoms with Crippen LogP contribution >= 0.6 is 0 Å². The molecule has 24 heteroatoms. The highest BCUT2D eigenvalue weighted by molar-refractivity contribution is 6.06. The van der Waals surface area contributed by atoms with E-state index in [-0.39, 0.29) is 42.5 Å². The summed E-state index contributed by atoms with van der Waals surface area (Å²) in [4.78, 5) is 89.9. The number of aryl methyl sites for hydroxylation is 2. The zero-order valence-electron chi connectivity index (χ0n) is 67.0. The second-order valence-electron chi connectivity index (χ2n) is 30.0. The summed E-state index contributed by atoms with van der Waals surface area (Å²) in [6, 6.07) is 103. The summed E-state index contributed by atoms with van der Waals surface area (Å²) in [7, 11) is 0. The van der Waals surface area contributed by atoms with Gasteiger partial charge in [0, 0.05) is 94.9 Å². The highest BCUT2D eigenvalue weighted by atomic mass is 16.5. The van der Waals surface area contributed by atoms with Gasteiger partial charge in [-0.15, -0.1) is 0 Å². The molecule has 17 rings (SSSR count). The number of ether oxygens (including phenoxy) is 3. The van der Waals surface area contributed by atoms with Gasteiger partial charge in [-0.3, -0.25) is 47.8 Å². The number of benzene rings is 10. The lowest BCUT2D eigenvalue weighted by Crippen LogP contribution is -2.58. The van der Waals surface area contributed by atoms with Crippen molar-refractivity contribution in [2.45, 2.75) is 74.4 Å². The van der Waals surface area contributed by atoms with Gasteiger partial charge in [0.15, 0.2) is 29.4 Å². The van der Waals surface area contributed by atoms with Crippen LogP contribution in [0.5, 0.6) is 0 Å². The first-order valence-corrected chi connectivity index (χ1v) is 40.2. The van der Waals surface area contributed by atoms with E-state index in [2.05, 4.69) is 196 Å². The van der Waals surface area contributed by atoms with Gasteiger partial charge < -0.3 is 42.0 Å². The molecule has 3 fully saturated rings. The highest BCUT2D eigenvalue weighted by Gasteiger charge is 2.50. The van der Waals surface area contributed by atoms with Crippen molar-refractivity contribution in [2.24, 2.45) is 17.2 Å². The minimum absolute atomic E-state index is 0.249. The number of hydrogen-bond donors (Lipinski definition) is 6. The predicted molar refractivity (Wildman–Crippen MR) is 465 cm³/mol. The molecule has 9 N–H and O–H groups in total. The first-order valence-electron chi connectivity index (χ1n) is 40.2. The van der Waals surface area contributed by atoms with Crippen molar-refractivity contribution >= 4 is 34.6 Å². The van der Waals surface area contributed by atoms with E-state index in [1.807, 2.05) is 150 Å². The monoisotopic (exact) mass is 1600 g/mol. The summed E-state index contributed by atoms with van der Waals surface area (Å²) in [5.41, 5.74) is 28.0. The fraction of sp³-hybridized carbons (Fsp3) is 0.219. The number of imidazole rings is 1. The molecule has 0 spiro atoms. The summed E-state index contributed by atoms with van der Waals surface area (Å²) in [5.74, 6) is 0.0260. The molecule has 6 atom stereocenters. The maximum absolute atomic E-state index is 13.2. The number of rotatable bonds is 21. The number of nitrogens with two attached hydrogens (primary N) is 3. The van der Waals surface area contributed by atoms with E-state index in [0.29, 0.717) is 86.0 Å². The number of carbonyl (C=O) groups excluding carboxylic acids is 2. The highest BCUT2D eigenvalue weighted by Crippen LogP contribution is 2.49. The van der Waals surface area contributed by atoms with Gasteiger partial charge in [-0.1, -0.05) is 291 Å². The molecular weight excluding hydrogens is 1510 g/mol. The molecule has 4 aromatic heterocycles. The Morgan fingerprint density at radius 3 is 1.05 bits per heavy atom. The van der Waals surface area contributed by atoms with Gasteiger partial charge in [-0.05, 0) is 76.1 Å². The molecule has 608 valence electrons. The van der Waals surface area contributed by atoms with Crippen LogP contribution in [0.25, 0.3) is 11.2 Å². The Morgan fingerprint density at radius 2 is 0.717 bits per heavy atom. The summed E-state index contributed by atoms with van der Waals surface area (Å²) in [6.07, 6.45) is 3.73. The number of anilines is 2. The van der Waals surface area contributed by atoms with Crippen LogP contribution in [0.1, 0.15) is 97.2 Å². The van der Waals surface area contributed by atoms with E-state index in [9.17, 15) is 24.0 Å². The van der Waals surface area contributed by atoms with Crippen molar-refractivity contribution in [2.75, 3.05) is 69.5 Å². The maximum atomic E-state index is 13.2. The molecule has 6 unspecified atom stereocenters. The third-order valence-corrected chi connectivity index (χ3v) is 22.5. The zero-order valence-corrected chi connectivity index (χ0v) is 67.0. The SMILES string of the molecule is CC(=O)Nc1nc(=O)n(C2CN(C(c3ccccc3)(c3ccccc3)c3ccccc3)CC(CN)O2)cc1C.Cc1cn(C2CN(C(c3ccccc3)(c3ccccc3)c3ccccc3)CC(CN)O2)c(=O)[nH]c1=O.NCC1CN(C(c2ccccc2)(c2ccccc2)c2ccccc2)CC(n2cnc3c(NC(=O)c4ccccc4)ncnc32)O1. The summed E-state index contributed by atoms with van der Waals surface area (Å²) >= 11 is 0. The second-order valence-corrected chi connectivity index (χ2v) is 30.0. The van der Waals surface area contributed by atoms with Crippen LogP contribution in [-0.2, 0) is 35.6 Å². The Bertz CT molecular complexity index is 5640. The normalized spacial score (nSPS) is 17.9. The van der Waals surface area contributed by atoms with Crippen molar-refractivity contribution in [3.05, 3.63) is 426 Å². The summed E-state index contributed by atoms with van der Waals surface area (Å²) in [6.45, 7) is 8.80. The molecule has 24 nitrogen and oxygen atoms in total. The van der Waals surface area contributed by atoms with E-state index >= 15 is 0 Å². The van der Waals surface area contributed by atoms with Gasteiger partial charge in [0.2, 0.25) is 5.91 Å². The predicted octanol–water partition coefficient (Wildman–Crippen LogP) is 11.9. The molecule has 0 bridgehead atoms. The Morgan fingerprint density at radius 1 is 0.400 bits per heavy atom. The Kier molecular flexibility index (Phi) is 25.4. The van der Waals surface area contributed by atoms with Gasteiger partial charge in [-0.2, -0.15) is 4.98 Å². The van der Waals surface area contributed by atoms with Gasteiger partial charge in [0.1, 0.15) is 18.4 Å². The van der Waals surface area contributed by atoms with Gasteiger partial charge in [0.05, 0.1) is 41.3 Å². The number of amides is 2. The molecule has 3 aliphatic rings. The lowest BCUT2D eigenvalue weighted by Gasteiger charge is -2.50. The number of hydrogen-bond acceptors (Lipinski definition) is 18. The van der Waals surface area contributed by atoms with E-state index in [1.165, 1.54) is 22.4 Å². The Balaban J connectivity index is 0.000000141. The van der Waals surface area contributed by atoms with Gasteiger partial charge in [0.25, 0.3) is 11.5 Å². The first-order chi connectivity index (χ1) is 58.6. The van der Waals surface area contributed by atoms with Crippen LogP contribution in [0.2, 0.25) is 0 Å². The molecule has 10 aromatic carbocycles. The van der Waals surface area contributed by atoms with Crippen LogP contribution in [-0.4, -0.2) is 142 Å². The van der Waals surface area contributed by atoms with Crippen molar-refractivity contribution in [3.8, 4) is 0 Å². The van der Waals surface area contributed by atoms with Crippen LogP contribution < -0.4 is 44.8 Å². The molecular formula is C96H96N16O8. The number of nitrogens with zero attached hydrogens (tertiary/aromatic N) is 10. The van der Waals surface area contributed by atoms with Crippen LogP contribution in [0.15, 0.2) is 343 Å². The first kappa shape index (κ1) is 82.0. The van der Waals surface area contributed by atoms with Crippen LogP contribution in [0.4, 0.5) is 11.6 Å². The third kappa shape index (κ3) is 16.8. The number of aromatic nitrogens is 8. The van der Waals surface area contributed by atoms with Crippen LogP contribution in [0, 0.1) is 13.8 Å². The molecule has 14 aromatic rings. The van der Waals surface area contributed by atoms with E-state index in [1.54, 1.807) is 44.7 Å². The lowest BCUT2D eigenvalue weighted by atomic mass is 9.75. The number of nitrogens with one attached hydrogen (secondary N) is 3. The van der Waals surface area contributed by atoms with E-state index in [0.717, 1.165) is 50.1 Å². The maximum Gasteiger partial charge on any atom is 0.351 e. The third-order valence-electron chi connectivity index (χ3n) is 22.5. The second kappa shape index (κ2) is 37.2. The quantitative estimate of drug-likeness (QED) is 0.0364. The number of fused-ring (bicyclic) bond motifs is 1. The molecule has 0 aliphatic carbocycles. The summed E-state index contributed by atoms with van der Waals surface area (Å²) < 4.78 is 24.2. The molecule has 2 amide bonds. The van der Waals surface area contributed by atoms with Crippen molar-refractivity contribution in [1.29, 1.82) is 0 Å². The molecule has 0 saturated carbocycles. The zero-order chi connectivity index (χ0) is 83.2. The lowest BCUT2D eigenvalue weighted by molar-refractivity contribution is -0.135. The average molecular weight is 1600 g/mol.